The number of hydrogen-bond acceptors (Lipinski definition) is 7. The topological polar surface area (TPSA) is 104 Å². The zero-order valence-electron chi connectivity index (χ0n) is 18.2. The maximum absolute atomic E-state index is 5.42. The van der Waals surface area contributed by atoms with E-state index in [4.69, 9.17) is 18.9 Å². The standard InChI is InChI=1S/C20H30N6O4/c1-21-20(22-10-13-8-15(28-3)19(30-5)16(9-13)29-4)23-14-6-7-18-24-17(12-27-2)25-26(18)11-14/h8-9,14H,6-7,10-12H2,1-5H3,(H2,21,22,23). The van der Waals surface area contributed by atoms with Gasteiger partial charge in [0.25, 0.3) is 0 Å². The van der Waals surface area contributed by atoms with E-state index in [9.17, 15) is 0 Å². The van der Waals surface area contributed by atoms with Gasteiger partial charge in [-0.15, -0.1) is 0 Å². The van der Waals surface area contributed by atoms with Crippen LogP contribution in [-0.2, 0) is 30.9 Å². The minimum absolute atomic E-state index is 0.209. The molecule has 3 rings (SSSR count). The van der Waals surface area contributed by atoms with Crippen LogP contribution in [0.15, 0.2) is 17.1 Å². The fourth-order valence-corrected chi connectivity index (χ4v) is 3.48. The van der Waals surface area contributed by atoms with Crippen molar-refractivity contribution in [2.24, 2.45) is 4.99 Å². The number of hydrogen-bond donors (Lipinski definition) is 2. The highest BCUT2D eigenvalue weighted by atomic mass is 16.5. The van der Waals surface area contributed by atoms with Gasteiger partial charge in [-0.1, -0.05) is 0 Å². The molecular formula is C20H30N6O4. The van der Waals surface area contributed by atoms with E-state index in [0.717, 1.165) is 42.6 Å². The van der Waals surface area contributed by atoms with Crippen molar-refractivity contribution in [1.82, 2.24) is 25.4 Å². The molecule has 30 heavy (non-hydrogen) atoms. The monoisotopic (exact) mass is 418 g/mol. The summed E-state index contributed by atoms with van der Waals surface area (Å²) in [5.41, 5.74) is 0.985. The molecule has 1 aliphatic heterocycles. The number of aromatic nitrogens is 3. The lowest BCUT2D eigenvalue weighted by Crippen LogP contribution is -2.46. The Morgan fingerprint density at radius 3 is 2.50 bits per heavy atom. The first-order chi connectivity index (χ1) is 14.6. The van der Waals surface area contributed by atoms with Gasteiger partial charge in [0.15, 0.2) is 23.3 Å². The van der Waals surface area contributed by atoms with Crippen LogP contribution in [0.5, 0.6) is 17.2 Å². The van der Waals surface area contributed by atoms with Crippen LogP contribution >= 0.6 is 0 Å². The molecule has 1 unspecified atom stereocenters. The van der Waals surface area contributed by atoms with Gasteiger partial charge in [0, 0.05) is 33.2 Å². The third-order valence-corrected chi connectivity index (χ3v) is 4.92. The lowest BCUT2D eigenvalue weighted by atomic mass is 10.1. The van der Waals surface area contributed by atoms with Crippen molar-refractivity contribution in [3.05, 3.63) is 29.3 Å². The van der Waals surface area contributed by atoms with Crippen LogP contribution in [0.25, 0.3) is 0 Å². The summed E-state index contributed by atoms with van der Waals surface area (Å²) in [6.45, 7) is 1.71. The number of ether oxygens (including phenoxy) is 4. The minimum atomic E-state index is 0.209. The van der Waals surface area contributed by atoms with Crippen molar-refractivity contribution >= 4 is 5.96 Å². The number of fused-ring (bicyclic) bond motifs is 1. The molecule has 10 nitrogen and oxygen atoms in total. The molecule has 0 aliphatic carbocycles. The Balaban J connectivity index is 1.61. The highest BCUT2D eigenvalue weighted by molar-refractivity contribution is 5.80. The molecule has 2 heterocycles. The average Bonchev–Trinajstić information content (AvgIpc) is 3.17. The Morgan fingerprint density at radius 1 is 1.17 bits per heavy atom. The first-order valence-corrected chi connectivity index (χ1v) is 9.79. The van der Waals surface area contributed by atoms with Crippen LogP contribution in [0.1, 0.15) is 23.6 Å². The number of aliphatic imine (C=N–C) groups is 1. The molecule has 0 fully saturated rings. The van der Waals surface area contributed by atoms with Gasteiger partial charge in [-0.25, -0.2) is 9.67 Å². The number of rotatable bonds is 8. The first kappa shape index (κ1) is 21.7. The van der Waals surface area contributed by atoms with Crippen molar-refractivity contribution in [3.8, 4) is 17.2 Å². The second-order valence-electron chi connectivity index (χ2n) is 6.90. The smallest absolute Gasteiger partial charge is 0.203 e. The second-order valence-corrected chi connectivity index (χ2v) is 6.90. The summed E-state index contributed by atoms with van der Waals surface area (Å²) >= 11 is 0. The molecule has 1 atom stereocenters. The summed E-state index contributed by atoms with van der Waals surface area (Å²) in [5.74, 6) is 4.25. The zero-order chi connectivity index (χ0) is 21.5. The largest absolute Gasteiger partial charge is 0.493 e. The maximum atomic E-state index is 5.42. The van der Waals surface area contributed by atoms with Crippen molar-refractivity contribution in [3.63, 3.8) is 0 Å². The molecular weight excluding hydrogens is 388 g/mol. The molecule has 2 aromatic rings. The van der Waals surface area contributed by atoms with Crippen LogP contribution in [0.2, 0.25) is 0 Å². The van der Waals surface area contributed by atoms with E-state index in [0.29, 0.717) is 30.4 Å². The van der Waals surface area contributed by atoms with Crippen molar-refractivity contribution in [2.75, 3.05) is 35.5 Å². The number of aryl methyl sites for hydroxylation is 1. The molecule has 1 aromatic heterocycles. The van der Waals surface area contributed by atoms with Crippen LogP contribution in [-0.4, -0.2) is 62.3 Å². The van der Waals surface area contributed by atoms with E-state index in [1.165, 1.54) is 0 Å². The predicted molar refractivity (Wildman–Crippen MR) is 112 cm³/mol. The Kier molecular flexibility index (Phi) is 7.34. The normalized spacial score (nSPS) is 16.0. The SMILES string of the molecule is CN=C(NCc1cc(OC)c(OC)c(OC)c1)NC1CCc2nc(COC)nn2C1. The fourth-order valence-electron chi connectivity index (χ4n) is 3.48. The third-order valence-electron chi connectivity index (χ3n) is 4.92. The van der Waals surface area contributed by atoms with Gasteiger partial charge >= 0.3 is 0 Å². The minimum Gasteiger partial charge on any atom is -0.493 e. The van der Waals surface area contributed by atoms with Gasteiger partial charge in [-0.2, -0.15) is 5.10 Å². The maximum Gasteiger partial charge on any atom is 0.203 e. The molecule has 10 heteroatoms. The Morgan fingerprint density at radius 2 is 1.90 bits per heavy atom. The zero-order valence-corrected chi connectivity index (χ0v) is 18.2. The molecule has 1 aromatic carbocycles. The van der Waals surface area contributed by atoms with Crippen LogP contribution in [0.4, 0.5) is 0 Å². The summed E-state index contributed by atoms with van der Waals surface area (Å²) in [7, 11) is 8.20. The van der Waals surface area contributed by atoms with Crippen molar-refractivity contribution in [2.45, 2.75) is 38.6 Å². The van der Waals surface area contributed by atoms with E-state index in [-0.39, 0.29) is 6.04 Å². The molecule has 0 saturated carbocycles. The molecule has 0 radical (unpaired) electrons. The average molecular weight is 418 g/mol. The van der Waals surface area contributed by atoms with E-state index < -0.39 is 0 Å². The van der Waals surface area contributed by atoms with Gasteiger partial charge in [0.1, 0.15) is 12.4 Å². The van der Waals surface area contributed by atoms with E-state index in [1.807, 2.05) is 16.8 Å². The van der Waals surface area contributed by atoms with Crippen molar-refractivity contribution < 1.29 is 18.9 Å². The fraction of sp³-hybridized carbons (Fsp3) is 0.550. The molecule has 164 valence electrons. The number of guanidine groups is 1. The number of nitrogens with one attached hydrogen (secondary N) is 2. The van der Waals surface area contributed by atoms with Crippen molar-refractivity contribution in [1.29, 1.82) is 0 Å². The Bertz CT molecular complexity index is 857. The lowest BCUT2D eigenvalue weighted by molar-refractivity contribution is 0.177. The van der Waals surface area contributed by atoms with E-state index in [1.54, 1.807) is 35.5 Å². The molecule has 0 spiro atoms. The Hall–Kier alpha value is -3.01. The van der Waals surface area contributed by atoms with E-state index >= 15 is 0 Å². The lowest BCUT2D eigenvalue weighted by Gasteiger charge is -2.25. The summed E-state index contributed by atoms with van der Waals surface area (Å²) < 4.78 is 23.3. The molecule has 0 saturated heterocycles. The number of nitrogens with zero attached hydrogens (tertiary/aromatic N) is 4. The molecule has 2 N–H and O–H groups in total. The van der Waals surface area contributed by atoms with Gasteiger partial charge in [-0.3, -0.25) is 4.99 Å². The van der Waals surface area contributed by atoms with Gasteiger partial charge in [0.2, 0.25) is 5.75 Å². The Labute approximate surface area is 176 Å². The first-order valence-electron chi connectivity index (χ1n) is 9.79. The van der Waals surface area contributed by atoms with Crippen LogP contribution < -0.4 is 24.8 Å². The summed E-state index contributed by atoms with van der Waals surface area (Å²) in [4.78, 5) is 8.86. The van der Waals surface area contributed by atoms with Gasteiger partial charge in [0.05, 0.1) is 27.9 Å². The van der Waals surface area contributed by atoms with E-state index in [2.05, 4.69) is 25.7 Å². The predicted octanol–water partition coefficient (Wildman–Crippen LogP) is 1.13. The summed E-state index contributed by atoms with van der Waals surface area (Å²) in [5, 5.41) is 11.3. The van der Waals surface area contributed by atoms with Gasteiger partial charge < -0.3 is 29.6 Å². The van der Waals surface area contributed by atoms with Crippen LogP contribution in [0.3, 0.4) is 0 Å². The number of methoxy groups -OCH3 is 4. The quantitative estimate of drug-likeness (QED) is 0.486. The van der Waals surface area contributed by atoms with Crippen LogP contribution in [0, 0.1) is 0 Å². The second kappa shape index (κ2) is 10.1. The number of benzene rings is 1. The highest BCUT2D eigenvalue weighted by Crippen LogP contribution is 2.38. The highest BCUT2D eigenvalue weighted by Gasteiger charge is 2.22. The molecule has 0 bridgehead atoms. The molecule has 0 amide bonds. The van der Waals surface area contributed by atoms with Gasteiger partial charge in [-0.05, 0) is 24.1 Å². The third kappa shape index (κ3) is 4.93. The summed E-state index contributed by atoms with van der Waals surface area (Å²) in [6.07, 6.45) is 1.81. The summed E-state index contributed by atoms with van der Waals surface area (Å²) in [6, 6.07) is 4.04. The molecule has 1 aliphatic rings.